The minimum Gasteiger partial charge on any atom is -0.481 e. The summed E-state index contributed by atoms with van der Waals surface area (Å²) in [5.41, 5.74) is 8.32. The van der Waals surface area contributed by atoms with Crippen molar-refractivity contribution < 1.29 is 19.1 Å². The van der Waals surface area contributed by atoms with E-state index in [2.05, 4.69) is 10.3 Å². The van der Waals surface area contributed by atoms with Crippen LogP contribution in [0.15, 0.2) is 30.5 Å². The maximum Gasteiger partial charge on any atom is 0.419 e. The Morgan fingerprint density at radius 3 is 2.71 bits per heavy atom. The van der Waals surface area contributed by atoms with Crippen molar-refractivity contribution in [3.8, 4) is 11.6 Å². The second-order valence-electron chi connectivity index (χ2n) is 8.74. The molecule has 0 saturated heterocycles. The molecule has 0 bridgehead atoms. The molecule has 1 aliphatic carbocycles. The molecule has 1 aromatic heterocycles. The highest BCUT2D eigenvalue weighted by Crippen LogP contribution is 2.39. The van der Waals surface area contributed by atoms with E-state index in [1.165, 1.54) is 44.0 Å². The number of carbonyl (C=O) groups excluding carboxylic acids is 2. The van der Waals surface area contributed by atoms with Gasteiger partial charge in [-0.1, -0.05) is 17.7 Å². The molecule has 10 heteroatoms. The number of fused-ring (bicyclic) bond motifs is 1. The number of nitrogens with one attached hydrogen (secondary N) is 1. The third-order valence-corrected chi connectivity index (χ3v) is 6.47. The van der Waals surface area contributed by atoms with Crippen LogP contribution in [-0.4, -0.2) is 55.8 Å². The summed E-state index contributed by atoms with van der Waals surface area (Å²) in [6.45, 7) is 4.89. The maximum absolute atomic E-state index is 13.3. The molecule has 2 heterocycles. The molecule has 182 valence electrons. The van der Waals surface area contributed by atoms with Gasteiger partial charge in [-0.05, 0) is 37.5 Å². The van der Waals surface area contributed by atoms with Gasteiger partial charge in [0.2, 0.25) is 11.8 Å². The van der Waals surface area contributed by atoms with Crippen LogP contribution in [0.4, 0.5) is 16.2 Å². The Bertz CT molecular complexity index is 1080. The third-order valence-electron chi connectivity index (χ3n) is 6.18. The number of rotatable bonds is 7. The summed E-state index contributed by atoms with van der Waals surface area (Å²) in [5.74, 6) is 0.403. The number of aromatic nitrogens is 1. The minimum absolute atomic E-state index is 0.0767. The third kappa shape index (κ3) is 5.11. The van der Waals surface area contributed by atoms with E-state index in [4.69, 9.17) is 26.8 Å². The summed E-state index contributed by atoms with van der Waals surface area (Å²) in [5, 5.41) is 3.71. The van der Waals surface area contributed by atoms with Gasteiger partial charge in [0.05, 0.1) is 30.7 Å². The Labute approximate surface area is 204 Å². The first-order chi connectivity index (χ1) is 16.3. The molecule has 2 atom stereocenters. The zero-order valence-corrected chi connectivity index (χ0v) is 20.3. The molecule has 1 fully saturated rings. The quantitative estimate of drug-likeness (QED) is 0.616. The van der Waals surface area contributed by atoms with E-state index >= 15 is 0 Å². The first kappa shape index (κ1) is 24.3. The van der Waals surface area contributed by atoms with Gasteiger partial charge in [-0.25, -0.2) is 9.78 Å². The lowest BCUT2D eigenvalue weighted by molar-refractivity contribution is -0.117. The van der Waals surface area contributed by atoms with E-state index in [0.717, 1.165) is 12.1 Å². The lowest BCUT2D eigenvalue weighted by atomic mass is 9.96. The Morgan fingerprint density at radius 1 is 1.29 bits per heavy atom. The fraction of sp³-hybridized carbons (Fsp3) is 0.458. The van der Waals surface area contributed by atoms with Gasteiger partial charge in [-0.15, -0.1) is 0 Å². The van der Waals surface area contributed by atoms with E-state index in [0.29, 0.717) is 24.0 Å². The molecule has 1 aromatic carbocycles. The average Bonchev–Trinajstić information content (AvgIpc) is 3.64. The molecule has 0 radical (unpaired) electrons. The fourth-order valence-corrected chi connectivity index (χ4v) is 4.37. The molecular weight excluding hydrogens is 458 g/mol. The molecule has 9 nitrogen and oxygen atoms in total. The number of hydrogen-bond donors (Lipinski definition) is 2. The topological polar surface area (TPSA) is 110 Å². The molecule has 2 aromatic rings. The molecule has 2 amide bonds. The van der Waals surface area contributed by atoms with Crippen molar-refractivity contribution in [1.82, 2.24) is 10.3 Å². The normalized spacial score (nSPS) is 18.3. The number of halogens is 1. The van der Waals surface area contributed by atoms with Gasteiger partial charge in [-0.3, -0.25) is 9.69 Å². The van der Waals surface area contributed by atoms with Crippen LogP contribution in [0, 0.1) is 0 Å². The largest absolute Gasteiger partial charge is 0.481 e. The number of hydrogen-bond acceptors (Lipinski definition) is 7. The van der Waals surface area contributed by atoms with Crippen LogP contribution in [0.5, 0.6) is 11.6 Å². The zero-order chi connectivity index (χ0) is 24.4. The van der Waals surface area contributed by atoms with Gasteiger partial charge in [0, 0.05) is 44.6 Å². The Hall–Kier alpha value is -2.88. The molecule has 1 aliphatic heterocycles. The zero-order valence-electron chi connectivity index (χ0n) is 19.6. The molecule has 0 spiro atoms. The summed E-state index contributed by atoms with van der Waals surface area (Å²) in [7, 11) is 1.47. The van der Waals surface area contributed by atoms with Gasteiger partial charge < -0.3 is 25.4 Å². The highest BCUT2D eigenvalue weighted by atomic mass is 35.5. The summed E-state index contributed by atoms with van der Waals surface area (Å²) in [4.78, 5) is 33.0. The smallest absolute Gasteiger partial charge is 0.419 e. The number of benzene rings is 1. The lowest BCUT2D eigenvalue weighted by Gasteiger charge is -2.40. The summed E-state index contributed by atoms with van der Waals surface area (Å²) in [6, 6.07) is 7.57. The van der Waals surface area contributed by atoms with Gasteiger partial charge in [0.1, 0.15) is 5.02 Å². The Morgan fingerprint density at radius 2 is 2.06 bits per heavy atom. The van der Waals surface area contributed by atoms with E-state index in [1.807, 2.05) is 25.1 Å². The van der Waals surface area contributed by atoms with E-state index in [1.54, 1.807) is 4.90 Å². The highest BCUT2D eigenvalue weighted by molar-refractivity contribution is 6.32. The van der Waals surface area contributed by atoms with E-state index < -0.39 is 6.09 Å². The van der Waals surface area contributed by atoms with Crippen molar-refractivity contribution in [2.75, 3.05) is 36.5 Å². The second kappa shape index (κ2) is 10.2. The molecule has 1 saturated carbocycles. The molecule has 4 rings (SSSR count). The van der Waals surface area contributed by atoms with Gasteiger partial charge in [0.25, 0.3) is 0 Å². The summed E-state index contributed by atoms with van der Waals surface area (Å²) >= 11 is 6.19. The number of nitrogens with two attached hydrogens (primary N) is 1. The van der Waals surface area contributed by atoms with Crippen LogP contribution < -0.4 is 30.3 Å². The first-order valence-electron chi connectivity index (χ1n) is 11.4. The molecule has 34 heavy (non-hydrogen) atoms. The predicted molar refractivity (Wildman–Crippen MR) is 131 cm³/mol. The molecule has 1 unspecified atom stereocenters. The molecule has 3 N–H and O–H groups in total. The fourth-order valence-electron chi connectivity index (χ4n) is 4.22. The number of anilines is 2. The van der Waals surface area contributed by atoms with Gasteiger partial charge >= 0.3 is 6.09 Å². The number of methoxy groups -OCH3 is 1. The number of nitrogens with zero attached hydrogens (tertiary/aromatic N) is 3. The Balaban J connectivity index is 1.67. The van der Waals surface area contributed by atoms with E-state index in [-0.39, 0.29) is 41.1 Å². The highest BCUT2D eigenvalue weighted by Gasteiger charge is 2.35. The Kier molecular flexibility index (Phi) is 7.25. The number of amides is 2. The van der Waals surface area contributed by atoms with Crippen LogP contribution in [0.3, 0.4) is 0 Å². The predicted octanol–water partition coefficient (Wildman–Crippen LogP) is 3.30. The number of ether oxygens (including phenoxy) is 2. The van der Waals surface area contributed by atoms with Crippen LogP contribution in [0.2, 0.25) is 5.02 Å². The standard InChI is InChI=1S/C24H30ClN5O4/c1-14-13-29(24(32)34-22-9-23(33-3)28-12-19(22)25)21-8-16(4-7-20(21)30(14)15(2)31)17(10-26)11-27-18-5-6-18/h4,7-9,12,14,17-18,27H,5-6,10-11,13,26H2,1-3H3/t14-,17?/m0/s1. The van der Waals surface area contributed by atoms with E-state index in [9.17, 15) is 9.59 Å². The van der Waals surface area contributed by atoms with Crippen LogP contribution in [-0.2, 0) is 4.79 Å². The van der Waals surface area contributed by atoms with Crippen molar-refractivity contribution >= 4 is 35.0 Å². The van der Waals surface area contributed by atoms with Gasteiger partial charge in [0.15, 0.2) is 5.75 Å². The van der Waals surface area contributed by atoms with Crippen molar-refractivity contribution in [3.63, 3.8) is 0 Å². The summed E-state index contributed by atoms with van der Waals surface area (Å²) in [6.07, 6.45) is 3.14. The van der Waals surface area contributed by atoms with Crippen molar-refractivity contribution in [2.45, 2.75) is 44.7 Å². The maximum atomic E-state index is 13.3. The lowest BCUT2D eigenvalue weighted by Crippen LogP contribution is -2.52. The van der Waals surface area contributed by atoms with Crippen molar-refractivity contribution in [2.24, 2.45) is 5.73 Å². The SMILES string of the molecule is COc1cc(OC(=O)N2C[C@H](C)N(C(C)=O)c3ccc(C(CN)CNC4CC4)cc32)c(Cl)cn1. The number of pyridine rings is 1. The average molecular weight is 488 g/mol. The first-order valence-corrected chi connectivity index (χ1v) is 11.8. The van der Waals surface area contributed by atoms with Crippen LogP contribution in [0.25, 0.3) is 0 Å². The van der Waals surface area contributed by atoms with Crippen LogP contribution in [0.1, 0.15) is 38.2 Å². The van der Waals surface area contributed by atoms with Crippen molar-refractivity contribution in [3.05, 3.63) is 41.0 Å². The van der Waals surface area contributed by atoms with Crippen molar-refractivity contribution in [1.29, 1.82) is 0 Å². The van der Waals surface area contributed by atoms with Crippen LogP contribution >= 0.6 is 11.6 Å². The summed E-state index contributed by atoms with van der Waals surface area (Å²) < 4.78 is 10.7. The monoisotopic (exact) mass is 487 g/mol. The second-order valence-corrected chi connectivity index (χ2v) is 9.14. The molecular formula is C24H30ClN5O4. The molecule has 2 aliphatic rings. The number of carbonyl (C=O) groups is 2. The minimum atomic E-state index is -0.607. The van der Waals surface area contributed by atoms with Gasteiger partial charge in [-0.2, -0.15) is 0 Å².